The summed E-state index contributed by atoms with van der Waals surface area (Å²) in [5.74, 6) is 0.262. The lowest BCUT2D eigenvalue weighted by Crippen LogP contribution is -2.63. The first-order chi connectivity index (χ1) is 16.9. The van der Waals surface area contributed by atoms with Gasteiger partial charge in [-0.15, -0.1) is 0 Å². The number of ether oxygens (including phenoxy) is 2. The van der Waals surface area contributed by atoms with Gasteiger partial charge in [0, 0.05) is 13.5 Å². The zero-order valence-corrected chi connectivity index (χ0v) is 21.1. The maximum atomic E-state index is 13.7. The Balaban J connectivity index is 1.32. The zero-order valence-electron chi connectivity index (χ0n) is 20.2. The highest BCUT2D eigenvalue weighted by molar-refractivity contribution is 7.49. The molecule has 0 N–H and O–H groups in total. The van der Waals surface area contributed by atoms with Gasteiger partial charge in [0.15, 0.2) is 11.9 Å². The third-order valence-electron chi connectivity index (χ3n) is 7.27. The Morgan fingerprint density at radius 2 is 1.60 bits per heavy atom. The lowest BCUT2D eigenvalue weighted by atomic mass is 9.65. The summed E-state index contributed by atoms with van der Waals surface area (Å²) in [6.07, 6.45) is 4.66. The van der Waals surface area contributed by atoms with Crippen molar-refractivity contribution in [2.24, 2.45) is 11.8 Å². The molecule has 1 spiro atoms. The Morgan fingerprint density at radius 3 is 2.23 bits per heavy atom. The monoisotopic (exact) mass is 504 g/mol. The van der Waals surface area contributed by atoms with E-state index >= 15 is 0 Å². The van der Waals surface area contributed by atoms with Crippen LogP contribution < -0.4 is 9.05 Å². The second-order valence-electron chi connectivity index (χ2n) is 9.58. The van der Waals surface area contributed by atoms with Crippen molar-refractivity contribution in [1.82, 2.24) is 0 Å². The van der Waals surface area contributed by atoms with Crippen molar-refractivity contribution in [3.63, 3.8) is 0 Å². The summed E-state index contributed by atoms with van der Waals surface area (Å²) in [6.45, 7) is 2.03. The van der Waals surface area contributed by atoms with Crippen LogP contribution in [-0.2, 0) is 28.3 Å². The Hall–Kier alpha value is -1.93. The van der Waals surface area contributed by atoms with Crippen LogP contribution in [0.2, 0.25) is 0 Å². The van der Waals surface area contributed by atoms with Gasteiger partial charge in [0.1, 0.15) is 11.5 Å². The standard InChI is InChI=1S/C26H33O8P/c1-25-18-16-20-10-9-11-21(26(20,34-33-25)24(28-2)30-25)17-19-29-35(27,31-22-12-5-3-6-13-22)32-23-14-7-4-8-15-23/h3-8,12-15,20-21,24H,9-11,16-19H2,1-2H3/t20-,21+,24+,25-,26-/m1/s1. The lowest BCUT2D eigenvalue weighted by molar-refractivity contribution is -0.554. The molecule has 0 aromatic heterocycles. The van der Waals surface area contributed by atoms with Crippen molar-refractivity contribution in [3.8, 4) is 11.5 Å². The second kappa shape index (κ2) is 10.2. The van der Waals surface area contributed by atoms with Gasteiger partial charge >= 0.3 is 7.82 Å². The number of para-hydroxylation sites is 2. The van der Waals surface area contributed by atoms with E-state index in [1.807, 2.05) is 19.1 Å². The minimum Gasteiger partial charge on any atom is -0.395 e. The van der Waals surface area contributed by atoms with Crippen molar-refractivity contribution in [1.29, 1.82) is 0 Å². The molecule has 3 saturated heterocycles. The average Bonchev–Trinajstić information content (AvgIpc) is 3.10. The van der Waals surface area contributed by atoms with E-state index in [1.54, 1.807) is 55.6 Å². The quantitative estimate of drug-likeness (QED) is 0.292. The van der Waals surface area contributed by atoms with Gasteiger partial charge in [-0.25, -0.2) is 14.3 Å². The van der Waals surface area contributed by atoms with Gasteiger partial charge in [0.05, 0.1) is 6.61 Å². The Kier molecular flexibility index (Phi) is 7.22. The summed E-state index contributed by atoms with van der Waals surface area (Å²) < 4.78 is 43.1. The molecule has 3 aliphatic heterocycles. The van der Waals surface area contributed by atoms with Crippen molar-refractivity contribution in [2.45, 2.75) is 63.1 Å². The van der Waals surface area contributed by atoms with Crippen LogP contribution in [0, 0.1) is 11.8 Å². The molecule has 4 fully saturated rings. The lowest BCUT2D eigenvalue weighted by Gasteiger charge is -2.53. The van der Waals surface area contributed by atoms with Crippen molar-refractivity contribution >= 4 is 7.82 Å². The molecule has 1 saturated carbocycles. The molecule has 35 heavy (non-hydrogen) atoms. The molecule has 2 aromatic rings. The van der Waals surface area contributed by atoms with Crippen LogP contribution in [0.5, 0.6) is 11.5 Å². The number of hydrogen-bond acceptors (Lipinski definition) is 8. The van der Waals surface area contributed by atoms with Crippen LogP contribution in [0.3, 0.4) is 0 Å². The highest BCUT2D eigenvalue weighted by atomic mass is 31.2. The number of phosphoric acid groups is 1. The third kappa shape index (κ3) is 5.15. The molecule has 2 bridgehead atoms. The average molecular weight is 505 g/mol. The molecular weight excluding hydrogens is 471 g/mol. The van der Waals surface area contributed by atoms with Crippen molar-refractivity contribution in [2.75, 3.05) is 13.7 Å². The highest BCUT2D eigenvalue weighted by Crippen LogP contribution is 2.56. The number of fused-ring (bicyclic) bond motifs is 3. The molecular formula is C26H33O8P. The first-order valence-corrected chi connectivity index (χ1v) is 13.7. The summed E-state index contributed by atoms with van der Waals surface area (Å²) >= 11 is 0. The number of methoxy groups -OCH3 is 1. The summed E-state index contributed by atoms with van der Waals surface area (Å²) in [6, 6.07) is 17.8. The molecule has 3 heterocycles. The number of hydrogen-bond donors (Lipinski definition) is 0. The Morgan fingerprint density at radius 1 is 0.943 bits per heavy atom. The molecule has 9 heteroatoms. The molecule has 0 unspecified atom stereocenters. The molecule has 8 nitrogen and oxygen atoms in total. The fraction of sp³-hybridized carbons (Fsp3) is 0.538. The molecule has 5 atom stereocenters. The molecule has 1 aliphatic carbocycles. The van der Waals surface area contributed by atoms with Crippen molar-refractivity contribution < 1.29 is 37.4 Å². The van der Waals surface area contributed by atoms with Crippen LogP contribution in [0.4, 0.5) is 0 Å². The van der Waals surface area contributed by atoms with Crippen LogP contribution in [0.1, 0.15) is 45.4 Å². The van der Waals surface area contributed by atoms with E-state index in [9.17, 15) is 4.57 Å². The normalized spacial score (nSPS) is 32.5. The van der Waals surface area contributed by atoms with Gasteiger partial charge in [-0.2, -0.15) is 0 Å². The zero-order chi connectivity index (χ0) is 24.4. The van der Waals surface area contributed by atoms with E-state index in [2.05, 4.69) is 0 Å². The maximum absolute atomic E-state index is 13.7. The molecule has 190 valence electrons. The minimum absolute atomic E-state index is 0.0238. The van der Waals surface area contributed by atoms with E-state index in [1.165, 1.54) is 0 Å². The van der Waals surface area contributed by atoms with Gasteiger partial charge in [-0.3, -0.25) is 4.52 Å². The highest BCUT2D eigenvalue weighted by Gasteiger charge is 2.63. The first kappa shape index (κ1) is 24.8. The number of benzene rings is 2. The molecule has 4 aliphatic rings. The molecule has 0 amide bonds. The number of phosphoric ester groups is 1. The van der Waals surface area contributed by atoms with Crippen LogP contribution in [-0.4, -0.2) is 31.4 Å². The van der Waals surface area contributed by atoms with E-state index in [4.69, 9.17) is 32.8 Å². The van der Waals surface area contributed by atoms with E-state index in [0.29, 0.717) is 17.9 Å². The summed E-state index contributed by atoms with van der Waals surface area (Å²) in [4.78, 5) is 11.9. The largest absolute Gasteiger partial charge is 0.587 e. The smallest absolute Gasteiger partial charge is 0.395 e. The van der Waals surface area contributed by atoms with E-state index in [-0.39, 0.29) is 18.4 Å². The fourth-order valence-electron chi connectivity index (χ4n) is 5.56. The molecule has 0 radical (unpaired) electrons. The molecule has 6 rings (SSSR count). The summed E-state index contributed by atoms with van der Waals surface area (Å²) in [5.41, 5.74) is -0.739. The fourth-order valence-corrected chi connectivity index (χ4v) is 6.79. The van der Waals surface area contributed by atoms with Gasteiger partial charge in [-0.1, -0.05) is 42.8 Å². The molecule has 2 aromatic carbocycles. The first-order valence-electron chi connectivity index (χ1n) is 12.3. The Bertz CT molecular complexity index is 975. The second-order valence-corrected chi connectivity index (χ2v) is 11.1. The van der Waals surface area contributed by atoms with Crippen LogP contribution in [0.25, 0.3) is 0 Å². The van der Waals surface area contributed by atoms with E-state index in [0.717, 1.165) is 32.1 Å². The van der Waals surface area contributed by atoms with Gasteiger partial charge in [0.25, 0.3) is 0 Å². The van der Waals surface area contributed by atoms with Crippen LogP contribution in [0.15, 0.2) is 60.7 Å². The maximum Gasteiger partial charge on any atom is 0.587 e. The topological polar surface area (TPSA) is 81.7 Å². The third-order valence-corrected chi connectivity index (χ3v) is 8.63. The predicted molar refractivity (Wildman–Crippen MR) is 128 cm³/mol. The van der Waals surface area contributed by atoms with Gasteiger partial charge < -0.3 is 18.5 Å². The Labute approximate surface area is 206 Å². The predicted octanol–water partition coefficient (Wildman–Crippen LogP) is 6.28. The summed E-state index contributed by atoms with van der Waals surface area (Å²) in [7, 11) is -2.32. The van der Waals surface area contributed by atoms with Gasteiger partial charge in [-0.05, 0) is 68.7 Å². The minimum atomic E-state index is -3.96. The SMILES string of the molecule is CO[C@H]1O[C@@]2(C)CC[C@H]3CCC[C@@H](CCOP(=O)(Oc4ccccc4)Oc4ccccc4)[C@]31OO2. The van der Waals surface area contributed by atoms with Crippen LogP contribution >= 0.6 is 7.82 Å². The van der Waals surface area contributed by atoms with E-state index < -0.39 is 25.5 Å². The number of rotatable bonds is 9. The van der Waals surface area contributed by atoms with Crippen molar-refractivity contribution in [3.05, 3.63) is 60.7 Å². The van der Waals surface area contributed by atoms with Gasteiger partial charge in [0.2, 0.25) is 5.79 Å². The summed E-state index contributed by atoms with van der Waals surface area (Å²) in [5, 5.41) is 0.